The Labute approximate surface area is 279 Å². The second kappa shape index (κ2) is 13.7. The van der Waals surface area contributed by atoms with Crippen LogP contribution in [0.1, 0.15) is 56.1 Å². The van der Waals surface area contributed by atoms with Gasteiger partial charge in [0.2, 0.25) is 5.91 Å². The van der Waals surface area contributed by atoms with Gasteiger partial charge >= 0.3 is 12.4 Å². The van der Waals surface area contributed by atoms with E-state index >= 15 is 0 Å². The normalized spacial score (nSPS) is 18.9. The Morgan fingerprint density at radius 1 is 1.04 bits per heavy atom. The molecule has 1 aliphatic carbocycles. The molecule has 2 heterocycles. The summed E-state index contributed by atoms with van der Waals surface area (Å²) in [7, 11) is 1.57. The lowest BCUT2D eigenvalue weighted by Crippen LogP contribution is -2.37. The number of aromatic nitrogens is 3. The van der Waals surface area contributed by atoms with E-state index in [9.17, 15) is 22.8 Å². The number of alkyl halides is 3. The van der Waals surface area contributed by atoms with Crippen LogP contribution in [0.4, 0.5) is 23.7 Å². The van der Waals surface area contributed by atoms with Crippen LogP contribution in [0.25, 0.3) is 17.1 Å². The second-order valence-electron chi connectivity index (χ2n) is 11.8. The molecule has 6 rings (SSSR count). The topological polar surface area (TPSA) is 111 Å². The highest BCUT2D eigenvalue weighted by Gasteiger charge is 2.35. The third kappa shape index (κ3) is 7.33. The first-order valence-corrected chi connectivity index (χ1v) is 16.4. The lowest BCUT2D eigenvalue weighted by molar-refractivity contribution is -0.274. The molecule has 1 saturated heterocycles. The van der Waals surface area contributed by atoms with Crippen LogP contribution >= 0.6 is 11.8 Å². The first-order valence-electron chi connectivity index (χ1n) is 15.4. The van der Waals surface area contributed by atoms with E-state index in [0.29, 0.717) is 28.1 Å². The van der Waals surface area contributed by atoms with Gasteiger partial charge < -0.3 is 14.8 Å². The van der Waals surface area contributed by atoms with Crippen molar-refractivity contribution in [3.8, 4) is 28.6 Å². The third-order valence-corrected chi connectivity index (χ3v) is 9.24. The predicted molar refractivity (Wildman–Crippen MR) is 177 cm³/mol. The van der Waals surface area contributed by atoms with Gasteiger partial charge in [0.15, 0.2) is 11.0 Å². The number of nitrogens with zero attached hydrogens (tertiary/aromatic N) is 5. The molecule has 4 aromatic rings. The van der Waals surface area contributed by atoms with Crippen molar-refractivity contribution in [1.29, 1.82) is 0 Å². The van der Waals surface area contributed by atoms with Crippen molar-refractivity contribution >= 4 is 34.6 Å². The van der Waals surface area contributed by atoms with E-state index in [0.717, 1.165) is 36.0 Å². The van der Waals surface area contributed by atoms with Crippen LogP contribution in [-0.4, -0.2) is 57.1 Å². The number of nitrogens with one attached hydrogen (secondary N) is 1. The average molecular weight is 679 g/mol. The van der Waals surface area contributed by atoms with E-state index in [1.54, 1.807) is 13.2 Å². The number of carbonyl (C=O) groups excluding carboxylic acids is 2. The number of aliphatic imine (C=N–C) groups is 1. The van der Waals surface area contributed by atoms with Crippen LogP contribution in [0.5, 0.6) is 11.5 Å². The van der Waals surface area contributed by atoms with Crippen LogP contribution in [0.15, 0.2) is 78.0 Å². The van der Waals surface area contributed by atoms with Crippen LogP contribution in [0, 0.1) is 0 Å². The van der Waals surface area contributed by atoms with Crippen molar-refractivity contribution < 1.29 is 32.2 Å². The standard InChI is InChI=1S/C34H33F3N6O4S/c1-20(2)26-16-15-25(46-3)17-29(26)43-30(44)18-48-33(43)40-32(45)39-28-6-4-5-27(28)21-7-9-22(10-8-21)31-38-19-42(41-31)23-11-13-24(14-12-23)47-34(35,36)37/h7-17,19-20,27-28H,4-6,18H2,1-3H3,(H,39,45). The van der Waals surface area contributed by atoms with E-state index in [1.807, 2.05) is 50.2 Å². The predicted octanol–water partition coefficient (Wildman–Crippen LogP) is 7.45. The monoisotopic (exact) mass is 678 g/mol. The molecule has 2 atom stereocenters. The van der Waals surface area contributed by atoms with Gasteiger partial charge in [-0.15, -0.1) is 18.3 Å². The number of amidine groups is 1. The summed E-state index contributed by atoms with van der Waals surface area (Å²) in [5.41, 5.74) is 3.97. The Hall–Kier alpha value is -4.85. The molecule has 2 unspecified atom stereocenters. The molecule has 2 fully saturated rings. The van der Waals surface area contributed by atoms with Gasteiger partial charge in [-0.3, -0.25) is 9.69 Å². The summed E-state index contributed by atoms with van der Waals surface area (Å²) in [5, 5.41) is 7.90. The molecule has 14 heteroatoms. The van der Waals surface area contributed by atoms with Crippen molar-refractivity contribution in [1.82, 2.24) is 20.1 Å². The first-order chi connectivity index (χ1) is 23.0. The molecule has 1 saturated carbocycles. The molecule has 3 amide bonds. The minimum atomic E-state index is -4.76. The quantitative estimate of drug-likeness (QED) is 0.206. The fourth-order valence-corrected chi connectivity index (χ4v) is 6.88. The second-order valence-corrected chi connectivity index (χ2v) is 12.7. The highest BCUT2D eigenvalue weighted by molar-refractivity contribution is 8.15. The maximum atomic E-state index is 13.2. The summed E-state index contributed by atoms with van der Waals surface area (Å²) in [6, 6.07) is 18.1. The van der Waals surface area contributed by atoms with Gasteiger partial charge in [0.25, 0.3) is 0 Å². The van der Waals surface area contributed by atoms with E-state index < -0.39 is 12.4 Å². The van der Waals surface area contributed by atoms with Gasteiger partial charge in [-0.1, -0.05) is 62.4 Å². The summed E-state index contributed by atoms with van der Waals surface area (Å²) >= 11 is 1.24. The maximum absolute atomic E-state index is 13.2. The van der Waals surface area contributed by atoms with Crippen LogP contribution in [0.2, 0.25) is 0 Å². The number of hydrogen-bond acceptors (Lipinski definition) is 7. The molecular formula is C34H33F3N6O4S. The van der Waals surface area contributed by atoms with E-state index in [1.165, 1.54) is 51.9 Å². The number of benzene rings is 3. The van der Waals surface area contributed by atoms with Gasteiger partial charge in [-0.2, -0.15) is 4.99 Å². The fraction of sp³-hybridized carbons (Fsp3) is 0.324. The van der Waals surface area contributed by atoms with Crippen molar-refractivity contribution in [2.45, 2.75) is 57.3 Å². The Bertz CT molecular complexity index is 1830. The molecule has 48 heavy (non-hydrogen) atoms. The molecule has 0 radical (unpaired) electrons. The average Bonchev–Trinajstić information content (AvgIpc) is 3.81. The summed E-state index contributed by atoms with van der Waals surface area (Å²) in [6.07, 6.45) is -0.649. The van der Waals surface area contributed by atoms with Gasteiger partial charge in [-0.05, 0) is 60.2 Å². The van der Waals surface area contributed by atoms with Crippen LogP contribution in [-0.2, 0) is 4.79 Å². The zero-order chi connectivity index (χ0) is 34.0. The number of rotatable bonds is 8. The van der Waals surface area contributed by atoms with E-state index in [2.05, 4.69) is 25.1 Å². The minimum absolute atomic E-state index is 0.0750. The molecule has 0 bridgehead atoms. The summed E-state index contributed by atoms with van der Waals surface area (Å²) in [5.74, 6) is 1.00. The van der Waals surface area contributed by atoms with Crippen molar-refractivity contribution in [3.63, 3.8) is 0 Å². The Morgan fingerprint density at radius 3 is 2.46 bits per heavy atom. The Balaban J connectivity index is 1.13. The molecule has 1 aromatic heterocycles. The highest BCUT2D eigenvalue weighted by Crippen LogP contribution is 2.37. The SMILES string of the molecule is COc1ccc(C(C)C)c(N2C(=O)CSC2=NC(=O)NC2CCCC2c2ccc(-c3ncn(-c4ccc(OC(F)(F)F)cc4)n3)cc2)c1. The lowest BCUT2D eigenvalue weighted by Gasteiger charge is -2.23. The molecule has 0 spiro atoms. The Morgan fingerprint density at radius 2 is 1.77 bits per heavy atom. The third-order valence-electron chi connectivity index (χ3n) is 8.31. The number of thioether (sulfide) groups is 1. The number of urea groups is 1. The minimum Gasteiger partial charge on any atom is -0.497 e. The van der Waals surface area contributed by atoms with Crippen molar-refractivity contribution in [3.05, 3.63) is 84.2 Å². The molecule has 1 N–H and O–H groups in total. The largest absolute Gasteiger partial charge is 0.573 e. The summed E-state index contributed by atoms with van der Waals surface area (Å²) in [4.78, 5) is 36.5. The highest BCUT2D eigenvalue weighted by atomic mass is 32.2. The zero-order valence-electron chi connectivity index (χ0n) is 26.4. The summed E-state index contributed by atoms with van der Waals surface area (Å²) < 4.78 is 48.2. The van der Waals surface area contributed by atoms with Gasteiger partial charge in [0, 0.05) is 23.6 Å². The lowest BCUT2D eigenvalue weighted by atomic mass is 9.93. The molecule has 1 aliphatic heterocycles. The number of carbonyl (C=O) groups is 2. The number of anilines is 1. The maximum Gasteiger partial charge on any atom is 0.573 e. The van der Waals surface area contributed by atoms with Crippen LogP contribution in [0.3, 0.4) is 0 Å². The molecule has 250 valence electrons. The number of ether oxygens (including phenoxy) is 2. The smallest absolute Gasteiger partial charge is 0.497 e. The number of halogens is 3. The van der Waals surface area contributed by atoms with Gasteiger partial charge in [0.1, 0.15) is 17.8 Å². The number of methoxy groups -OCH3 is 1. The molecule has 3 aromatic carbocycles. The fourth-order valence-electron chi connectivity index (χ4n) is 6.02. The van der Waals surface area contributed by atoms with E-state index in [-0.39, 0.29) is 35.3 Å². The van der Waals surface area contributed by atoms with Crippen molar-refractivity contribution in [2.24, 2.45) is 4.99 Å². The molecule has 2 aliphatic rings. The zero-order valence-corrected chi connectivity index (χ0v) is 27.2. The van der Waals surface area contributed by atoms with Crippen molar-refractivity contribution in [2.75, 3.05) is 17.8 Å². The number of amides is 3. The van der Waals surface area contributed by atoms with Gasteiger partial charge in [0.05, 0.1) is 24.2 Å². The van der Waals surface area contributed by atoms with E-state index in [4.69, 9.17) is 4.74 Å². The Kier molecular flexibility index (Phi) is 9.45. The first kappa shape index (κ1) is 33.1. The van der Waals surface area contributed by atoms with Gasteiger partial charge in [-0.25, -0.2) is 14.5 Å². The van der Waals surface area contributed by atoms with Crippen LogP contribution < -0.4 is 19.7 Å². The molecular weight excluding hydrogens is 645 g/mol. The summed E-state index contributed by atoms with van der Waals surface area (Å²) in [6.45, 7) is 4.09. The number of hydrogen-bond donors (Lipinski definition) is 1. The molecule has 10 nitrogen and oxygen atoms in total.